The third-order valence-electron chi connectivity index (χ3n) is 4.01. The lowest BCUT2D eigenvalue weighted by Gasteiger charge is -2.30. The molecule has 0 aliphatic heterocycles. The lowest BCUT2D eigenvalue weighted by Crippen LogP contribution is -2.21. The fraction of sp³-hybridized carbons (Fsp3) is 0.556. The molecule has 0 bridgehead atoms. The maximum absolute atomic E-state index is 3.82. The lowest BCUT2D eigenvalue weighted by atomic mass is 9.74. The first kappa shape index (κ1) is 15.0. The first-order chi connectivity index (χ1) is 8.66. The average Bonchev–Trinajstić information content (AvgIpc) is 2.43. The maximum atomic E-state index is 3.82. The molecule has 18 heavy (non-hydrogen) atoms. The molecule has 0 aliphatic rings. The summed E-state index contributed by atoms with van der Waals surface area (Å²) in [5, 5.41) is 0. The van der Waals surface area contributed by atoms with Crippen LogP contribution in [0.1, 0.15) is 70.4 Å². The van der Waals surface area contributed by atoms with Crippen molar-refractivity contribution in [2.75, 3.05) is 0 Å². The van der Waals surface area contributed by atoms with Crippen molar-refractivity contribution in [1.82, 2.24) is 0 Å². The minimum absolute atomic E-state index is 0.353. The number of hydrogen-bond acceptors (Lipinski definition) is 0. The predicted octanol–water partition coefficient (Wildman–Crippen LogP) is 5.97. The van der Waals surface area contributed by atoms with E-state index in [4.69, 9.17) is 0 Å². The molecule has 0 spiro atoms. The Labute approximate surface area is 113 Å². The van der Waals surface area contributed by atoms with Gasteiger partial charge in [0, 0.05) is 0 Å². The highest BCUT2D eigenvalue weighted by Gasteiger charge is 2.24. The van der Waals surface area contributed by atoms with Gasteiger partial charge in [0.05, 0.1) is 0 Å². The van der Waals surface area contributed by atoms with E-state index in [-0.39, 0.29) is 0 Å². The van der Waals surface area contributed by atoms with Gasteiger partial charge in [-0.1, -0.05) is 83.4 Å². The summed E-state index contributed by atoms with van der Waals surface area (Å²) in [6.07, 6.45) is 9.73. The molecule has 0 aliphatic carbocycles. The summed E-state index contributed by atoms with van der Waals surface area (Å²) in [6.45, 7) is 10.8. The topological polar surface area (TPSA) is 0 Å². The highest BCUT2D eigenvalue weighted by atomic mass is 14.3. The first-order valence-corrected chi connectivity index (χ1v) is 7.39. The van der Waals surface area contributed by atoms with Gasteiger partial charge in [0.25, 0.3) is 0 Å². The quantitative estimate of drug-likeness (QED) is 0.528. The third kappa shape index (κ3) is 4.01. The molecule has 0 amide bonds. The molecule has 1 aromatic rings. The summed E-state index contributed by atoms with van der Waals surface area (Å²) in [5.41, 5.74) is 3.06. The molecule has 0 aromatic heterocycles. The molecule has 1 rings (SSSR count). The fourth-order valence-electron chi connectivity index (χ4n) is 2.57. The van der Waals surface area contributed by atoms with Crippen LogP contribution in [0.2, 0.25) is 0 Å². The Kier molecular flexibility index (Phi) is 6.18. The number of hydrogen-bond donors (Lipinski definition) is 0. The van der Waals surface area contributed by atoms with Crippen molar-refractivity contribution in [2.24, 2.45) is 0 Å². The molecule has 0 saturated carbocycles. The highest BCUT2D eigenvalue weighted by molar-refractivity contribution is 5.48. The molecule has 0 fully saturated rings. The van der Waals surface area contributed by atoms with Gasteiger partial charge in [0.15, 0.2) is 0 Å². The minimum atomic E-state index is 0.353. The molecular weight excluding hydrogens is 216 g/mol. The second kappa shape index (κ2) is 7.41. The molecule has 0 heterocycles. The summed E-state index contributed by atoms with van der Waals surface area (Å²) < 4.78 is 0. The van der Waals surface area contributed by atoms with Crippen LogP contribution in [0, 0.1) is 0 Å². The minimum Gasteiger partial charge on any atom is -0.0985 e. The first-order valence-electron chi connectivity index (χ1n) is 7.39. The summed E-state index contributed by atoms with van der Waals surface area (Å²) in [6, 6.07) is 8.97. The van der Waals surface area contributed by atoms with Crippen LogP contribution in [0.15, 0.2) is 30.8 Å². The van der Waals surface area contributed by atoms with Crippen LogP contribution in [0.3, 0.4) is 0 Å². The van der Waals surface area contributed by atoms with Gasteiger partial charge in [-0.3, -0.25) is 0 Å². The zero-order chi connectivity index (χ0) is 13.4. The highest BCUT2D eigenvalue weighted by Crippen LogP contribution is 2.35. The lowest BCUT2D eigenvalue weighted by molar-refractivity contribution is 0.374. The van der Waals surface area contributed by atoms with E-state index in [1.54, 1.807) is 0 Å². The summed E-state index contributed by atoms with van der Waals surface area (Å²) in [4.78, 5) is 0. The van der Waals surface area contributed by atoms with E-state index >= 15 is 0 Å². The van der Waals surface area contributed by atoms with E-state index < -0.39 is 0 Å². The molecular formula is C18H28. The van der Waals surface area contributed by atoms with Crippen LogP contribution in [0.4, 0.5) is 0 Å². The zero-order valence-corrected chi connectivity index (χ0v) is 12.3. The number of unbranched alkanes of at least 4 members (excludes halogenated alkanes) is 2. The fourth-order valence-corrected chi connectivity index (χ4v) is 2.57. The summed E-state index contributed by atoms with van der Waals surface area (Å²) in [7, 11) is 0. The van der Waals surface area contributed by atoms with Crippen LogP contribution >= 0.6 is 0 Å². The van der Waals surface area contributed by atoms with Crippen molar-refractivity contribution in [3.63, 3.8) is 0 Å². The molecule has 0 atom stereocenters. The molecule has 1 aromatic carbocycles. The van der Waals surface area contributed by atoms with Gasteiger partial charge in [-0.2, -0.15) is 0 Å². The van der Waals surface area contributed by atoms with E-state index in [9.17, 15) is 0 Å². The van der Waals surface area contributed by atoms with Gasteiger partial charge in [0.2, 0.25) is 0 Å². The molecule has 0 saturated heterocycles. The van der Waals surface area contributed by atoms with Crippen molar-refractivity contribution >= 4 is 6.08 Å². The van der Waals surface area contributed by atoms with E-state index in [1.807, 2.05) is 6.08 Å². The summed E-state index contributed by atoms with van der Waals surface area (Å²) >= 11 is 0. The Morgan fingerprint density at radius 3 is 1.89 bits per heavy atom. The van der Waals surface area contributed by atoms with Gasteiger partial charge >= 0.3 is 0 Å². The molecule has 100 valence electrons. The molecule has 0 unspecified atom stereocenters. The van der Waals surface area contributed by atoms with E-state index in [1.165, 1.54) is 49.7 Å². The van der Waals surface area contributed by atoms with Crippen molar-refractivity contribution < 1.29 is 0 Å². The summed E-state index contributed by atoms with van der Waals surface area (Å²) in [5.74, 6) is 0. The smallest absolute Gasteiger partial charge is 0.00752 e. The van der Waals surface area contributed by atoms with Crippen molar-refractivity contribution in [1.29, 1.82) is 0 Å². The monoisotopic (exact) mass is 244 g/mol. The Morgan fingerprint density at radius 1 is 1.00 bits per heavy atom. The van der Waals surface area contributed by atoms with Crippen LogP contribution in [-0.4, -0.2) is 0 Å². The van der Waals surface area contributed by atoms with Gasteiger partial charge < -0.3 is 0 Å². The Morgan fingerprint density at radius 2 is 1.50 bits per heavy atom. The van der Waals surface area contributed by atoms with Crippen molar-refractivity contribution in [2.45, 2.75) is 64.7 Å². The Balaban J connectivity index is 2.88. The SMILES string of the molecule is C=Cc1ccc(C(C)(CCCC)CCCC)cc1. The largest absolute Gasteiger partial charge is 0.0985 e. The van der Waals surface area contributed by atoms with Gasteiger partial charge in [0.1, 0.15) is 0 Å². The van der Waals surface area contributed by atoms with Crippen molar-refractivity contribution in [3.05, 3.63) is 42.0 Å². The zero-order valence-electron chi connectivity index (χ0n) is 12.3. The molecule has 0 radical (unpaired) electrons. The van der Waals surface area contributed by atoms with Gasteiger partial charge in [-0.05, 0) is 29.4 Å². The molecule has 0 heteroatoms. The standard InChI is InChI=1S/C18H28/c1-5-8-14-18(4,15-9-6-2)17-12-10-16(7-3)11-13-17/h7,10-13H,3,5-6,8-9,14-15H2,1-2,4H3. The number of benzene rings is 1. The molecule has 0 N–H and O–H groups in total. The van der Waals surface area contributed by atoms with E-state index in [2.05, 4.69) is 51.6 Å². The maximum Gasteiger partial charge on any atom is -0.00752 e. The van der Waals surface area contributed by atoms with Crippen LogP contribution in [-0.2, 0) is 5.41 Å². The Bertz CT molecular complexity index is 337. The van der Waals surface area contributed by atoms with Crippen LogP contribution in [0.5, 0.6) is 0 Å². The van der Waals surface area contributed by atoms with Crippen LogP contribution in [0.25, 0.3) is 6.08 Å². The van der Waals surface area contributed by atoms with Gasteiger partial charge in [-0.15, -0.1) is 0 Å². The van der Waals surface area contributed by atoms with E-state index in [0.29, 0.717) is 5.41 Å². The molecule has 0 nitrogen and oxygen atoms in total. The van der Waals surface area contributed by atoms with Gasteiger partial charge in [-0.25, -0.2) is 0 Å². The average molecular weight is 244 g/mol. The number of rotatable bonds is 8. The third-order valence-corrected chi connectivity index (χ3v) is 4.01. The second-order valence-electron chi connectivity index (χ2n) is 5.59. The van der Waals surface area contributed by atoms with Crippen molar-refractivity contribution in [3.8, 4) is 0 Å². The second-order valence-corrected chi connectivity index (χ2v) is 5.59. The normalized spacial score (nSPS) is 11.5. The predicted molar refractivity (Wildman–Crippen MR) is 82.9 cm³/mol. The Hall–Kier alpha value is -1.04. The van der Waals surface area contributed by atoms with Crippen LogP contribution < -0.4 is 0 Å². The van der Waals surface area contributed by atoms with E-state index in [0.717, 1.165) is 0 Å².